The maximum atomic E-state index is 14.1. The second-order valence-electron chi connectivity index (χ2n) is 3.96. The van der Waals surface area contributed by atoms with Gasteiger partial charge in [-0.05, 0) is 24.3 Å². The molecule has 21 heavy (non-hydrogen) atoms. The van der Waals surface area contributed by atoms with E-state index < -0.39 is 34.7 Å². The number of esters is 1. The Morgan fingerprint density at radius 1 is 1.05 bits per heavy atom. The summed E-state index contributed by atoms with van der Waals surface area (Å²) in [5.41, 5.74) is -1.61. The summed E-state index contributed by atoms with van der Waals surface area (Å²) in [6, 6.07) is 3.92. The van der Waals surface area contributed by atoms with Crippen LogP contribution in [0, 0.1) is 17.5 Å². The third-order valence-electron chi connectivity index (χ3n) is 2.75. The number of carbonyl (C=O) groups excluding carboxylic acids is 1. The average Bonchev–Trinajstić information content (AvgIpc) is 2.48. The van der Waals surface area contributed by atoms with Gasteiger partial charge in [-0.3, -0.25) is 0 Å². The van der Waals surface area contributed by atoms with Crippen molar-refractivity contribution in [1.82, 2.24) is 4.98 Å². The predicted octanol–water partition coefficient (Wildman–Crippen LogP) is 2.96. The van der Waals surface area contributed by atoms with Gasteiger partial charge in [0, 0.05) is 0 Å². The van der Waals surface area contributed by atoms with Gasteiger partial charge in [-0.15, -0.1) is 0 Å². The number of carbonyl (C=O) groups is 1. The fourth-order valence-corrected chi connectivity index (χ4v) is 1.74. The second-order valence-corrected chi connectivity index (χ2v) is 3.96. The third kappa shape index (κ3) is 2.67. The average molecular weight is 297 g/mol. The van der Waals surface area contributed by atoms with Crippen LogP contribution < -0.4 is 4.74 Å². The molecule has 7 heteroatoms. The van der Waals surface area contributed by atoms with Gasteiger partial charge in [0.05, 0.1) is 19.8 Å². The Labute approximate surface area is 118 Å². The molecule has 0 radical (unpaired) electrons. The van der Waals surface area contributed by atoms with Gasteiger partial charge in [-0.25, -0.2) is 22.9 Å². The molecule has 0 fully saturated rings. The molecule has 1 aromatic heterocycles. The quantitative estimate of drug-likeness (QED) is 0.817. The molecule has 4 nitrogen and oxygen atoms in total. The first-order chi connectivity index (χ1) is 9.99. The number of rotatable bonds is 3. The Morgan fingerprint density at radius 3 is 2.33 bits per heavy atom. The molecule has 0 atom stereocenters. The lowest BCUT2D eigenvalue weighted by Crippen LogP contribution is -2.07. The molecule has 1 aromatic carbocycles. The summed E-state index contributed by atoms with van der Waals surface area (Å²) in [4.78, 5) is 15.0. The minimum atomic E-state index is -1.11. The molecule has 0 amide bonds. The Bertz CT molecular complexity index is 704. The monoisotopic (exact) mass is 297 g/mol. The van der Waals surface area contributed by atoms with E-state index in [1.807, 2.05) is 0 Å². The summed E-state index contributed by atoms with van der Waals surface area (Å²) in [5.74, 6) is -4.22. The zero-order chi connectivity index (χ0) is 15.6. The molecule has 0 bridgehead atoms. The number of hydrogen-bond acceptors (Lipinski definition) is 4. The summed E-state index contributed by atoms with van der Waals surface area (Å²) in [5, 5.41) is 0. The number of hydrogen-bond donors (Lipinski definition) is 0. The smallest absolute Gasteiger partial charge is 0.356 e. The van der Waals surface area contributed by atoms with Gasteiger partial charge in [0.2, 0.25) is 0 Å². The fourth-order valence-electron chi connectivity index (χ4n) is 1.74. The molecule has 0 saturated carbocycles. The van der Waals surface area contributed by atoms with E-state index >= 15 is 0 Å². The Kier molecular flexibility index (Phi) is 4.11. The van der Waals surface area contributed by atoms with Crippen LogP contribution in [0.5, 0.6) is 5.75 Å². The summed E-state index contributed by atoms with van der Waals surface area (Å²) in [6.45, 7) is 0. The van der Waals surface area contributed by atoms with Gasteiger partial charge in [0.25, 0.3) is 0 Å². The molecule has 0 unspecified atom stereocenters. The molecule has 110 valence electrons. The van der Waals surface area contributed by atoms with Crippen molar-refractivity contribution in [3.8, 4) is 17.0 Å². The van der Waals surface area contributed by atoms with Gasteiger partial charge in [-0.2, -0.15) is 0 Å². The van der Waals surface area contributed by atoms with Gasteiger partial charge in [0.1, 0.15) is 23.0 Å². The van der Waals surface area contributed by atoms with Crippen LogP contribution in [0.4, 0.5) is 13.2 Å². The largest absolute Gasteiger partial charge is 0.494 e. The number of nitrogens with zero attached hydrogens (tertiary/aromatic N) is 1. The summed E-state index contributed by atoms with van der Waals surface area (Å²) in [7, 11) is 2.30. The molecule has 2 aromatic rings. The molecule has 0 aliphatic rings. The molecule has 1 heterocycles. The minimum absolute atomic E-state index is 0.268. The minimum Gasteiger partial charge on any atom is -0.494 e. The van der Waals surface area contributed by atoms with E-state index in [9.17, 15) is 18.0 Å². The van der Waals surface area contributed by atoms with E-state index in [0.29, 0.717) is 0 Å². The lowest BCUT2D eigenvalue weighted by atomic mass is 10.1. The topological polar surface area (TPSA) is 48.4 Å². The van der Waals surface area contributed by atoms with E-state index in [0.717, 1.165) is 31.4 Å². The van der Waals surface area contributed by atoms with Gasteiger partial charge in [0.15, 0.2) is 11.6 Å². The van der Waals surface area contributed by atoms with Crippen molar-refractivity contribution in [1.29, 1.82) is 0 Å². The first-order valence-corrected chi connectivity index (χ1v) is 5.76. The van der Waals surface area contributed by atoms with Gasteiger partial charge < -0.3 is 9.47 Å². The lowest BCUT2D eigenvalue weighted by molar-refractivity contribution is 0.0594. The standard InChI is InChI=1S/C14H10F3NO3/c1-20-10-6-4-7(15)11(12(10)17)13-8(16)3-5-9(18-13)14(19)21-2/h3-6H,1-2H3. The number of halogens is 3. The van der Waals surface area contributed by atoms with Crippen LogP contribution in [-0.2, 0) is 4.74 Å². The number of aromatic nitrogens is 1. The summed E-state index contributed by atoms with van der Waals surface area (Å²) < 4.78 is 50.9. The van der Waals surface area contributed by atoms with Crippen molar-refractivity contribution < 1.29 is 27.4 Å². The van der Waals surface area contributed by atoms with Crippen molar-refractivity contribution in [2.24, 2.45) is 0 Å². The van der Waals surface area contributed by atoms with Crippen LogP contribution in [0.3, 0.4) is 0 Å². The number of ether oxygens (including phenoxy) is 2. The Hall–Kier alpha value is -2.57. The predicted molar refractivity (Wildman–Crippen MR) is 67.4 cm³/mol. The van der Waals surface area contributed by atoms with Gasteiger partial charge in [-0.1, -0.05) is 0 Å². The van der Waals surface area contributed by atoms with Crippen molar-refractivity contribution in [2.75, 3.05) is 14.2 Å². The summed E-state index contributed by atoms with van der Waals surface area (Å²) >= 11 is 0. The van der Waals surface area contributed by atoms with Crippen LogP contribution >= 0.6 is 0 Å². The lowest BCUT2D eigenvalue weighted by Gasteiger charge is -2.10. The molecule has 0 N–H and O–H groups in total. The number of pyridine rings is 1. The van der Waals surface area contributed by atoms with Crippen LogP contribution in [0.25, 0.3) is 11.3 Å². The SMILES string of the molecule is COC(=O)c1ccc(F)c(-c2c(F)ccc(OC)c2F)n1. The Balaban J connectivity index is 2.69. The van der Waals surface area contributed by atoms with Crippen molar-refractivity contribution in [3.63, 3.8) is 0 Å². The molecule has 0 saturated heterocycles. The first-order valence-electron chi connectivity index (χ1n) is 5.76. The van der Waals surface area contributed by atoms with Crippen molar-refractivity contribution in [2.45, 2.75) is 0 Å². The zero-order valence-electron chi connectivity index (χ0n) is 11.1. The summed E-state index contributed by atoms with van der Waals surface area (Å²) in [6.07, 6.45) is 0. The number of benzene rings is 1. The van der Waals surface area contributed by atoms with E-state index in [1.165, 1.54) is 7.11 Å². The highest BCUT2D eigenvalue weighted by atomic mass is 19.1. The van der Waals surface area contributed by atoms with E-state index in [-0.39, 0.29) is 11.4 Å². The van der Waals surface area contributed by atoms with E-state index in [2.05, 4.69) is 9.72 Å². The second kappa shape index (κ2) is 5.82. The fraction of sp³-hybridized carbons (Fsp3) is 0.143. The highest BCUT2D eigenvalue weighted by molar-refractivity contribution is 5.88. The van der Waals surface area contributed by atoms with E-state index in [4.69, 9.17) is 4.74 Å². The molecule has 0 spiro atoms. The van der Waals surface area contributed by atoms with Crippen LogP contribution in [-0.4, -0.2) is 25.2 Å². The molecular weight excluding hydrogens is 287 g/mol. The van der Waals surface area contributed by atoms with Gasteiger partial charge >= 0.3 is 5.97 Å². The van der Waals surface area contributed by atoms with Crippen molar-refractivity contribution >= 4 is 5.97 Å². The maximum absolute atomic E-state index is 14.1. The molecule has 2 rings (SSSR count). The molecular formula is C14H10F3NO3. The normalized spacial score (nSPS) is 10.3. The van der Waals surface area contributed by atoms with Crippen molar-refractivity contribution in [3.05, 3.63) is 47.4 Å². The third-order valence-corrected chi connectivity index (χ3v) is 2.75. The van der Waals surface area contributed by atoms with Crippen LogP contribution in [0.2, 0.25) is 0 Å². The highest BCUT2D eigenvalue weighted by Gasteiger charge is 2.22. The first kappa shape index (κ1) is 14.8. The van der Waals surface area contributed by atoms with E-state index in [1.54, 1.807) is 0 Å². The molecule has 0 aliphatic carbocycles. The number of methoxy groups -OCH3 is 2. The van der Waals surface area contributed by atoms with Crippen LogP contribution in [0.15, 0.2) is 24.3 Å². The maximum Gasteiger partial charge on any atom is 0.356 e. The zero-order valence-corrected chi connectivity index (χ0v) is 11.1. The Morgan fingerprint density at radius 2 is 1.71 bits per heavy atom. The van der Waals surface area contributed by atoms with Crippen LogP contribution in [0.1, 0.15) is 10.5 Å². The molecule has 0 aliphatic heterocycles. The highest BCUT2D eigenvalue weighted by Crippen LogP contribution is 2.32.